The van der Waals surface area contributed by atoms with E-state index in [1.807, 2.05) is 31.2 Å². The van der Waals surface area contributed by atoms with Crippen molar-refractivity contribution in [3.63, 3.8) is 0 Å². The van der Waals surface area contributed by atoms with Crippen LogP contribution in [0.3, 0.4) is 0 Å². The summed E-state index contributed by atoms with van der Waals surface area (Å²) in [5.74, 6) is -1.88. The van der Waals surface area contributed by atoms with Crippen LogP contribution < -0.4 is 16.0 Å². The standard InChI is InChI=1S/C33H27FN4O3S2/c1-20-15-16-27-29(17-20)43-33(37-27)38-30(39)21(2)42-25-13-8-12-24(19-25)35-32(41)28(18-23-11-6-7-14-26(23)34)36-31(40)22-9-4-3-5-10-22/h3-19,21H,1-2H3,(H,35,41)(H,36,40)(H,37,38,39)/b28-18-. The van der Waals surface area contributed by atoms with Crippen LogP contribution in [0.25, 0.3) is 16.3 Å². The highest BCUT2D eigenvalue weighted by atomic mass is 32.2. The van der Waals surface area contributed by atoms with Gasteiger partial charge in [0.15, 0.2) is 5.13 Å². The van der Waals surface area contributed by atoms with Crippen LogP contribution in [-0.2, 0) is 9.59 Å². The second-order valence-electron chi connectivity index (χ2n) is 9.62. The fourth-order valence-electron chi connectivity index (χ4n) is 4.09. The van der Waals surface area contributed by atoms with E-state index >= 15 is 0 Å². The first-order valence-electron chi connectivity index (χ1n) is 13.3. The number of carbonyl (C=O) groups excluding carboxylic acids is 3. The third kappa shape index (κ3) is 7.73. The number of nitrogens with one attached hydrogen (secondary N) is 3. The number of thiazole rings is 1. The zero-order chi connectivity index (χ0) is 30.3. The molecule has 7 nitrogen and oxygen atoms in total. The fraction of sp³-hybridized carbons (Fsp3) is 0.0909. The number of hydrogen-bond acceptors (Lipinski definition) is 6. The van der Waals surface area contributed by atoms with Gasteiger partial charge in [-0.25, -0.2) is 9.37 Å². The van der Waals surface area contributed by atoms with E-state index in [4.69, 9.17) is 0 Å². The molecule has 1 heterocycles. The highest BCUT2D eigenvalue weighted by Crippen LogP contribution is 2.30. The second-order valence-corrected chi connectivity index (χ2v) is 12.1. The van der Waals surface area contributed by atoms with Crippen molar-refractivity contribution in [1.82, 2.24) is 10.3 Å². The van der Waals surface area contributed by atoms with Gasteiger partial charge in [-0.3, -0.25) is 14.4 Å². The van der Waals surface area contributed by atoms with Crippen molar-refractivity contribution in [2.75, 3.05) is 10.6 Å². The SMILES string of the molecule is Cc1ccc2nc(NC(=O)C(C)Sc3cccc(NC(=O)/C(=C/c4ccccc4F)NC(=O)c4ccccc4)c3)sc2c1. The molecule has 0 aliphatic rings. The van der Waals surface area contributed by atoms with Gasteiger partial charge in [0.25, 0.3) is 11.8 Å². The topological polar surface area (TPSA) is 100 Å². The number of fused-ring (bicyclic) bond motifs is 1. The molecule has 0 saturated carbocycles. The first-order valence-corrected chi connectivity index (χ1v) is 15.0. The Morgan fingerprint density at radius 2 is 1.67 bits per heavy atom. The lowest BCUT2D eigenvalue weighted by atomic mass is 10.1. The van der Waals surface area contributed by atoms with E-state index < -0.39 is 22.9 Å². The number of halogens is 1. The van der Waals surface area contributed by atoms with Crippen molar-refractivity contribution in [2.24, 2.45) is 0 Å². The normalized spacial score (nSPS) is 12.0. The monoisotopic (exact) mass is 610 g/mol. The number of aromatic nitrogens is 1. The van der Waals surface area contributed by atoms with Gasteiger partial charge in [0.1, 0.15) is 11.5 Å². The smallest absolute Gasteiger partial charge is 0.272 e. The summed E-state index contributed by atoms with van der Waals surface area (Å²) < 4.78 is 15.4. The van der Waals surface area contributed by atoms with Crippen molar-refractivity contribution in [1.29, 1.82) is 0 Å². The molecule has 5 aromatic rings. The summed E-state index contributed by atoms with van der Waals surface area (Å²) >= 11 is 2.74. The quantitative estimate of drug-likeness (QED) is 0.120. The first-order chi connectivity index (χ1) is 20.7. The van der Waals surface area contributed by atoms with Gasteiger partial charge in [0.05, 0.1) is 15.5 Å². The Morgan fingerprint density at radius 1 is 0.907 bits per heavy atom. The van der Waals surface area contributed by atoms with Crippen molar-refractivity contribution in [3.8, 4) is 0 Å². The Labute approximate surface area is 256 Å². The Kier molecular flexibility index (Phi) is 9.29. The van der Waals surface area contributed by atoms with Crippen molar-refractivity contribution in [2.45, 2.75) is 24.0 Å². The van der Waals surface area contributed by atoms with Crippen molar-refractivity contribution in [3.05, 3.63) is 125 Å². The summed E-state index contributed by atoms with van der Waals surface area (Å²) in [6.07, 6.45) is 1.29. The maximum Gasteiger partial charge on any atom is 0.272 e. The number of nitrogens with zero attached hydrogens (tertiary/aromatic N) is 1. The highest BCUT2D eigenvalue weighted by molar-refractivity contribution is 8.00. The lowest BCUT2D eigenvalue weighted by Crippen LogP contribution is -2.30. The number of benzene rings is 4. The Morgan fingerprint density at radius 3 is 2.47 bits per heavy atom. The average molecular weight is 611 g/mol. The predicted octanol–water partition coefficient (Wildman–Crippen LogP) is 7.27. The largest absolute Gasteiger partial charge is 0.321 e. The van der Waals surface area contributed by atoms with Crippen LogP contribution in [0, 0.1) is 12.7 Å². The summed E-state index contributed by atoms with van der Waals surface area (Å²) in [7, 11) is 0. The van der Waals surface area contributed by atoms with Crippen LogP contribution in [0.5, 0.6) is 0 Å². The number of aryl methyl sites for hydroxylation is 1. The zero-order valence-electron chi connectivity index (χ0n) is 23.3. The van der Waals surface area contributed by atoms with Crippen LogP contribution in [0.15, 0.2) is 108 Å². The van der Waals surface area contributed by atoms with Crippen LogP contribution in [0.4, 0.5) is 15.2 Å². The molecule has 1 aromatic heterocycles. The molecule has 3 amide bonds. The Hall–Kier alpha value is -4.80. The molecule has 0 saturated heterocycles. The average Bonchev–Trinajstić information content (AvgIpc) is 3.39. The lowest BCUT2D eigenvalue weighted by Gasteiger charge is -2.14. The highest BCUT2D eigenvalue weighted by Gasteiger charge is 2.19. The molecule has 1 unspecified atom stereocenters. The van der Waals surface area contributed by atoms with Gasteiger partial charge in [0.2, 0.25) is 5.91 Å². The molecule has 0 aliphatic carbocycles. The van der Waals surface area contributed by atoms with Crippen molar-refractivity contribution >= 4 is 67.9 Å². The molecular weight excluding hydrogens is 584 g/mol. The molecule has 4 aromatic carbocycles. The van der Waals surface area contributed by atoms with E-state index in [0.29, 0.717) is 16.4 Å². The summed E-state index contributed by atoms with van der Waals surface area (Å²) in [5.41, 5.74) is 2.76. The van der Waals surface area contributed by atoms with Crippen LogP contribution in [0.1, 0.15) is 28.4 Å². The van der Waals surface area contributed by atoms with Gasteiger partial charge >= 0.3 is 0 Å². The third-order valence-corrected chi connectivity index (χ3v) is 8.31. The van der Waals surface area contributed by atoms with Gasteiger partial charge in [-0.1, -0.05) is 59.9 Å². The molecule has 1 atom stereocenters. The number of hydrogen-bond donors (Lipinski definition) is 3. The second kappa shape index (κ2) is 13.5. The molecule has 43 heavy (non-hydrogen) atoms. The minimum Gasteiger partial charge on any atom is -0.321 e. The van der Waals surface area contributed by atoms with Gasteiger partial charge < -0.3 is 16.0 Å². The van der Waals surface area contributed by atoms with Gasteiger partial charge in [-0.15, -0.1) is 11.8 Å². The van der Waals surface area contributed by atoms with Gasteiger partial charge in [0, 0.05) is 21.7 Å². The van der Waals surface area contributed by atoms with Gasteiger partial charge in [-0.2, -0.15) is 0 Å². The van der Waals surface area contributed by atoms with E-state index in [1.54, 1.807) is 67.6 Å². The summed E-state index contributed by atoms with van der Waals surface area (Å²) in [6, 6.07) is 27.3. The third-order valence-electron chi connectivity index (χ3n) is 6.28. The maximum absolute atomic E-state index is 14.4. The Bertz CT molecular complexity index is 1840. The first kappa shape index (κ1) is 29.7. The molecule has 5 rings (SSSR count). The summed E-state index contributed by atoms with van der Waals surface area (Å²) in [6.45, 7) is 3.80. The number of carbonyl (C=O) groups is 3. The summed E-state index contributed by atoms with van der Waals surface area (Å²) in [5, 5.41) is 8.35. The number of anilines is 2. The molecule has 3 N–H and O–H groups in total. The molecule has 10 heteroatoms. The molecule has 0 aliphatic heterocycles. The maximum atomic E-state index is 14.4. The minimum absolute atomic E-state index is 0.129. The van der Waals surface area contributed by atoms with Crippen LogP contribution >= 0.6 is 23.1 Å². The summed E-state index contributed by atoms with van der Waals surface area (Å²) in [4.78, 5) is 44.4. The van der Waals surface area contributed by atoms with E-state index in [9.17, 15) is 18.8 Å². The molecule has 0 spiro atoms. The molecule has 0 radical (unpaired) electrons. The number of thioether (sulfide) groups is 1. The minimum atomic E-state index is -0.633. The van der Waals surface area contributed by atoms with E-state index in [-0.39, 0.29) is 17.2 Å². The lowest BCUT2D eigenvalue weighted by molar-refractivity contribution is -0.115. The predicted molar refractivity (Wildman–Crippen MR) is 172 cm³/mol. The van der Waals surface area contributed by atoms with Gasteiger partial charge in [-0.05, 0) is 74.0 Å². The van der Waals surface area contributed by atoms with Crippen LogP contribution in [0.2, 0.25) is 0 Å². The number of rotatable bonds is 9. The van der Waals surface area contributed by atoms with E-state index in [0.717, 1.165) is 20.7 Å². The molecule has 216 valence electrons. The Balaban J connectivity index is 1.28. The molecule has 0 bridgehead atoms. The van der Waals surface area contributed by atoms with E-state index in [2.05, 4.69) is 20.9 Å². The molecular formula is C33H27FN4O3S2. The fourth-order valence-corrected chi connectivity index (χ4v) is 5.98. The van der Waals surface area contributed by atoms with E-state index in [1.165, 1.54) is 41.3 Å². The van der Waals surface area contributed by atoms with Crippen LogP contribution in [-0.4, -0.2) is 28.0 Å². The van der Waals surface area contributed by atoms with Crippen molar-refractivity contribution < 1.29 is 18.8 Å². The zero-order valence-corrected chi connectivity index (χ0v) is 24.9. The number of amides is 3. The molecule has 0 fully saturated rings.